The van der Waals surface area contributed by atoms with Crippen LogP contribution in [0.1, 0.15) is 29.6 Å². The number of aromatic nitrogens is 1. The van der Waals surface area contributed by atoms with E-state index < -0.39 is 11.8 Å². The molecule has 0 radical (unpaired) electrons. The molecule has 2 aliphatic heterocycles. The first kappa shape index (κ1) is 13.3. The first-order valence-electron chi connectivity index (χ1n) is 7.03. The van der Waals surface area contributed by atoms with E-state index in [0.717, 1.165) is 44.9 Å². The standard InChI is InChI=1S/C14H18FN3O2/c15-10-7-12(14(19)20)13(16-8-10)18-6-5-17-4-2-1-3-11(17)9-18/h7-8,11H,1-6,9H2,(H,19,20). The van der Waals surface area contributed by atoms with E-state index in [1.807, 2.05) is 4.90 Å². The molecule has 5 nitrogen and oxygen atoms in total. The molecule has 0 spiro atoms. The number of carboxylic acids is 1. The number of anilines is 1. The fourth-order valence-corrected chi connectivity index (χ4v) is 3.19. The summed E-state index contributed by atoms with van der Waals surface area (Å²) in [6.07, 6.45) is 4.69. The second kappa shape index (κ2) is 5.36. The van der Waals surface area contributed by atoms with Crippen molar-refractivity contribution in [1.82, 2.24) is 9.88 Å². The van der Waals surface area contributed by atoms with Crippen LogP contribution in [0.2, 0.25) is 0 Å². The highest BCUT2D eigenvalue weighted by atomic mass is 19.1. The van der Waals surface area contributed by atoms with Gasteiger partial charge in [-0.25, -0.2) is 14.2 Å². The number of halogens is 1. The van der Waals surface area contributed by atoms with Crippen molar-refractivity contribution in [3.8, 4) is 0 Å². The lowest BCUT2D eigenvalue weighted by atomic mass is 9.99. The maximum Gasteiger partial charge on any atom is 0.339 e. The van der Waals surface area contributed by atoms with Crippen molar-refractivity contribution in [3.05, 3.63) is 23.6 Å². The average molecular weight is 279 g/mol. The molecule has 2 aliphatic rings. The normalized spacial score (nSPS) is 23.4. The largest absolute Gasteiger partial charge is 0.478 e. The first-order valence-corrected chi connectivity index (χ1v) is 7.03. The fourth-order valence-electron chi connectivity index (χ4n) is 3.19. The van der Waals surface area contributed by atoms with Crippen molar-refractivity contribution in [2.24, 2.45) is 0 Å². The summed E-state index contributed by atoms with van der Waals surface area (Å²) in [4.78, 5) is 19.7. The van der Waals surface area contributed by atoms with Gasteiger partial charge in [0.15, 0.2) is 0 Å². The van der Waals surface area contributed by atoms with Gasteiger partial charge in [0.1, 0.15) is 17.2 Å². The van der Waals surface area contributed by atoms with Crippen molar-refractivity contribution in [2.45, 2.75) is 25.3 Å². The molecule has 1 aromatic rings. The predicted molar refractivity (Wildman–Crippen MR) is 72.6 cm³/mol. The number of rotatable bonds is 2. The van der Waals surface area contributed by atoms with Crippen LogP contribution in [0.25, 0.3) is 0 Å². The molecule has 3 heterocycles. The van der Waals surface area contributed by atoms with Gasteiger partial charge in [0.05, 0.1) is 6.20 Å². The van der Waals surface area contributed by atoms with Gasteiger partial charge in [-0.2, -0.15) is 0 Å². The second-order valence-corrected chi connectivity index (χ2v) is 5.46. The van der Waals surface area contributed by atoms with E-state index in [9.17, 15) is 14.3 Å². The van der Waals surface area contributed by atoms with Crippen molar-refractivity contribution >= 4 is 11.8 Å². The van der Waals surface area contributed by atoms with Crippen LogP contribution in [0.15, 0.2) is 12.3 Å². The van der Waals surface area contributed by atoms with E-state index in [1.54, 1.807) is 0 Å². The first-order chi connectivity index (χ1) is 9.65. The maximum absolute atomic E-state index is 13.2. The summed E-state index contributed by atoms with van der Waals surface area (Å²) in [6, 6.07) is 1.52. The Hall–Kier alpha value is -1.69. The van der Waals surface area contributed by atoms with Gasteiger partial charge in [-0.3, -0.25) is 4.90 Å². The zero-order valence-electron chi connectivity index (χ0n) is 11.3. The molecule has 1 atom stereocenters. The zero-order chi connectivity index (χ0) is 14.1. The van der Waals surface area contributed by atoms with Crippen LogP contribution in [-0.4, -0.2) is 53.2 Å². The highest BCUT2D eigenvalue weighted by molar-refractivity contribution is 5.93. The van der Waals surface area contributed by atoms with Gasteiger partial charge in [0.2, 0.25) is 0 Å². The molecule has 6 heteroatoms. The summed E-state index contributed by atoms with van der Waals surface area (Å²) in [5.74, 6) is -1.34. The Morgan fingerprint density at radius 3 is 3.00 bits per heavy atom. The van der Waals surface area contributed by atoms with E-state index >= 15 is 0 Å². The molecule has 0 bridgehead atoms. The lowest BCUT2D eigenvalue weighted by Gasteiger charge is -2.44. The summed E-state index contributed by atoms with van der Waals surface area (Å²) in [7, 11) is 0. The van der Waals surface area contributed by atoms with Gasteiger partial charge in [0.25, 0.3) is 0 Å². The van der Waals surface area contributed by atoms with Gasteiger partial charge < -0.3 is 10.0 Å². The number of pyridine rings is 1. The third-order valence-electron chi connectivity index (χ3n) is 4.20. The number of piperazine rings is 1. The zero-order valence-corrected chi connectivity index (χ0v) is 11.3. The highest BCUT2D eigenvalue weighted by Gasteiger charge is 2.31. The van der Waals surface area contributed by atoms with E-state index in [-0.39, 0.29) is 5.56 Å². The third kappa shape index (κ3) is 2.47. The molecule has 1 unspecified atom stereocenters. The van der Waals surface area contributed by atoms with Gasteiger partial charge in [-0.15, -0.1) is 0 Å². The minimum absolute atomic E-state index is 0.0470. The Labute approximate surface area is 117 Å². The van der Waals surface area contributed by atoms with Crippen LogP contribution in [0.4, 0.5) is 10.2 Å². The van der Waals surface area contributed by atoms with Gasteiger partial charge >= 0.3 is 5.97 Å². The molecule has 3 rings (SSSR count). The maximum atomic E-state index is 13.2. The predicted octanol–water partition coefficient (Wildman–Crippen LogP) is 1.59. The molecule has 2 saturated heterocycles. The molecular formula is C14H18FN3O2. The van der Waals surface area contributed by atoms with Crippen LogP contribution in [0.5, 0.6) is 0 Å². The SMILES string of the molecule is O=C(O)c1cc(F)cnc1N1CCN2CCCCC2C1. The van der Waals surface area contributed by atoms with Crippen molar-refractivity contribution < 1.29 is 14.3 Å². The quantitative estimate of drug-likeness (QED) is 0.891. The van der Waals surface area contributed by atoms with Gasteiger partial charge in [0, 0.05) is 25.7 Å². The molecule has 2 fully saturated rings. The molecule has 0 saturated carbocycles. The van der Waals surface area contributed by atoms with E-state index in [2.05, 4.69) is 9.88 Å². The molecule has 0 aliphatic carbocycles. The monoisotopic (exact) mass is 279 g/mol. The van der Waals surface area contributed by atoms with Crippen LogP contribution in [-0.2, 0) is 0 Å². The van der Waals surface area contributed by atoms with Crippen LogP contribution in [0.3, 0.4) is 0 Å². The van der Waals surface area contributed by atoms with Crippen molar-refractivity contribution in [3.63, 3.8) is 0 Å². The lowest BCUT2D eigenvalue weighted by molar-refractivity contribution is 0.0695. The van der Waals surface area contributed by atoms with Gasteiger partial charge in [-0.1, -0.05) is 6.42 Å². The lowest BCUT2D eigenvalue weighted by Crippen LogP contribution is -2.55. The van der Waals surface area contributed by atoms with E-state index in [4.69, 9.17) is 0 Å². The smallest absolute Gasteiger partial charge is 0.339 e. The summed E-state index contributed by atoms with van der Waals surface area (Å²) in [5, 5.41) is 9.21. The molecule has 1 N–H and O–H groups in total. The van der Waals surface area contributed by atoms with Crippen LogP contribution >= 0.6 is 0 Å². The summed E-state index contributed by atoms with van der Waals surface area (Å²) in [6.45, 7) is 3.57. The third-order valence-corrected chi connectivity index (χ3v) is 4.20. The fraction of sp³-hybridized carbons (Fsp3) is 0.571. The Bertz CT molecular complexity index is 523. The van der Waals surface area contributed by atoms with Crippen LogP contribution in [0, 0.1) is 5.82 Å². The molecule has 0 amide bonds. The van der Waals surface area contributed by atoms with E-state index in [1.165, 1.54) is 12.8 Å². The number of nitrogens with zero attached hydrogens (tertiary/aromatic N) is 3. The topological polar surface area (TPSA) is 56.7 Å². The van der Waals surface area contributed by atoms with Crippen molar-refractivity contribution in [2.75, 3.05) is 31.1 Å². The molecule has 20 heavy (non-hydrogen) atoms. The van der Waals surface area contributed by atoms with Gasteiger partial charge in [-0.05, 0) is 25.5 Å². The molecule has 108 valence electrons. The molecule has 1 aromatic heterocycles. The Balaban J connectivity index is 1.84. The number of hydrogen-bond donors (Lipinski definition) is 1. The number of aromatic carboxylic acids is 1. The number of piperidine rings is 1. The summed E-state index contributed by atoms with van der Waals surface area (Å²) in [5.41, 5.74) is -0.0470. The Morgan fingerprint density at radius 1 is 1.35 bits per heavy atom. The highest BCUT2D eigenvalue weighted by Crippen LogP contribution is 2.26. The molecular weight excluding hydrogens is 261 g/mol. The molecule has 0 aromatic carbocycles. The summed E-state index contributed by atoms with van der Waals surface area (Å²) < 4.78 is 13.2. The number of hydrogen-bond acceptors (Lipinski definition) is 4. The minimum Gasteiger partial charge on any atom is -0.478 e. The van der Waals surface area contributed by atoms with E-state index in [0.29, 0.717) is 11.9 Å². The van der Waals surface area contributed by atoms with Crippen LogP contribution < -0.4 is 4.90 Å². The Kier molecular flexibility index (Phi) is 3.56. The summed E-state index contributed by atoms with van der Waals surface area (Å²) >= 11 is 0. The van der Waals surface area contributed by atoms with Crippen molar-refractivity contribution in [1.29, 1.82) is 0 Å². The minimum atomic E-state index is -1.13. The second-order valence-electron chi connectivity index (χ2n) is 5.46. The number of carbonyl (C=O) groups is 1. The Morgan fingerprint density at radius 2 is 2.20 bits per heavy atom. The number of fused-ring (bicyclic) bond motifs is 1. The average Bonchev–Trinajstić information content (AvgIpc) is 2.46. The number of carboxylic acid groups (broad SMARTS) is 1.